The van der Waals surface area contributed by atoms with Crippen LogP contribution in [-0.2, 0) is 5.75 Å². The van der Waals surface area contributed by atoms with Gasteiger partial charge in [-0.15, -0.1) is 5.10 Å². The molecule has 0 saturated heterocycles. The van der Waals surface area contributed by atoms with E-state index >= 15 is 0 Å². The smallest absolute Gasteiger partial charge is 0.209 e. The summed E-state index contributed by atoms with van der Waals surface area (Å²) in [6.07, 6.45) is 0. The van der Waals surface area contributed by atoms with E-state index in [0.717, 1.165) is 32.5 Å². The molecule has 0 N–H and O–H groups in total. The SMILES string of the molecule is Brc1ccc(CSc2nc(-c3ccccc3)n(-c3ccccc3)n2)cc1. The molecule has 4 rings (SSSR count). The number of nitrogens with zero attached hydrogens (tertiary/aromatic N) is 3. The van der Waals surface area contributed by atoms with Gasteiger partial charge in [0.1, 0.15) is 0 Å². The Bertz CT molecular complexity index is 926. The molecule has 0 unspecified atom stereocenters. The van der Waals surface area contributed by atoms with Crippen molar-refractivity contribution in [2.45, 2.75) is 10.9 Å². The summed E-state index contributed by atoms with van der Waals surface area (Å²) in [5.74, 6) is 1.69. The lowest BCUT2D eigenvalue weighted by Crippen LogP contribution is -1.99. The molecule has 1 aromatic heterocycles. The maximum atomic E-state index is 4.80. The highest BCUT2D eigenvalue weighted by Gasteiger charge is 2.13. The number of para-hydroxylation sites is 1. The van der Waals surface area contributed by atoms with Gasteiger partial charge < -0.3 is 0 Å². The minimum Gasteiger partial charge on any atom is -0.212 e. The predicted molar refractivity (Wildman–Crippen MR) is 110 cm³/mol. The van der Waals surface area contributed by atoms with E-state index < -0.39 is 0 Å². The van der Waals surface area contributed by atoms with Gasteiger partial charge in [-0.3, -0.25) is 0 Å². The van der Waals surface area contributed by atoms with Gasteiger partial charge in [-0.25, -0.2) is 9.67 Å². The molecule has 0 atom stereocenters. The second kappa shape index (κ2) is 7.89. The first kappa shape index (κ1) is 17.1. The number of rotatable bonds is 5. The third-order valence-corrected chi connectivity index (χ3v) is 5.34. The van der Waals surface area contributed by atoms with Crippen LogP contribution < -0.4 is 0 Å². The summed E-state index contributed by atoms with van der Waals surface area (Å²) in [5, 5.41) is 5.52. The van der Waals surface area contributed by atoms with Crippen molar-refractivity contribution in [3.63, 3.8) is 0 Å². The highest BCUT2D eigenvalue weighted by molar-refractivity contribution is 9.10. The molecule has 3 aromatic carbocycles. The van der Waals surface area contributed by atoms with Crippen molar-refractivity contribution < 1.29 is 0 Å². The van der Waals surface area contributed by atoms with Crippen LogP contribution in [0, 0.1) is 0 Å². The molecular weight excluding hydrogens is 406 g/mol. The molecule has 0 radical (unpaired) electrons. The molecule has 4 aromatic rings. The van der Waals surface area contributed by atoms with E-state index in [1.807, 2.05) is 53.2 Å². The molecule has 5 heteroatoms. The quantitative estimate of drug-likeness (QED) is 0.370. The zero-order valence-electron chi connectivity index (χ0n) is 13.9. The summed E-state index contributed by atoms with van der Waals surface area (Å²) in [7, 11) is 0. The van der Waals surface area contributed by atoms with Crippen molar-refractivity contribution >= 4 is 27.7 Å². The Labute approximate surface area is 165 Å². The second-order valence-electron chi connectivity index (χ2n) is 5.75. The van der Waals surface area contributed by atoms with Gasteiger partial charge in [0.05, 0.1) is 5.69 Å². The lowest BCUT2D eigenvalue weighted by molar-refractivity contribution is 0.839. The van der Waals surface area contributed by atoms with E-state index in [-0.39, 0.29) is 0 Å². The first-order chi connectivity index (χ1) is 12.8. The van der Waals surface area contributed by atoms with Gasteiger partial charge in [0, 0.05) is 15.8 Å². The van der Waals surface area contributed by atoms with Crippen molar-refractivity contribution in [2.24, 2.45) is 0 Å². The van der Waals surface area contributed by atoms with Crippen molar-refractivity contribution in [2.75, 3.05) is 0 Å². The van der Waals surface area contributed by atoms with E-state index in [1.54, 1.807) is 11.8 Å². The van der Waals surface area contributed by atoms with Gasteiger partial charge in [-0.1, -0.05) is 88.4 Å². The summed E-state index contributed by atoms with van der Waals surface area (Å²) < 4.78 is 3.00. The zero-order valence-corrected chi connectivity index (χ0v) is 16.3. The Hall–Kier alpha value is -2.37. The maximum Gasteiger partial charge on any atom is 0.209 e. The van der Waals surface area contributed by atoms with E-state index in [4.69, 9.17) is 10.1 Å². The van der Waals surface area contributed by atoms with E-state index in [9.17, 15) is 0 Å². The first-order valence-electron chi connectivity index (χ1n) is 8.25. The Morgan fingerprint density at radius 3 is 2.15 bits per heavy atom. The summed E-state index contributed by atoms with van der Waals surface area (Å²) in [4.78, 5) is 4.80. The Kier molecular flexibility index (Phi) is 5.18. The van der Waals surface area contributed by atoms with Crippen molar-refractivity contribution in [1.82, 2.24) is 14.8 Å². The highest BCUT2D eigenvalue weighted by atomic mass is 79.9. The lowest BCUT2D eigenvalue weighted by atomic mass is 10.2. The van der Waals surface area contributed by atoms with Crippen LogP contribution in [0.5, 0.6) is 0 Å². The van der Waals surface area contributed by atoms with Crippen LogP contribution in [0.2, 0.25) is 0 Å². The molecule has 0 aliphatic carbocycles. The van der Waals surface area contributed by atoms with E-state index in [2.05, 4.69) is 52.3 Å². The predicted octanol–water partition coefficient (Wildman–Crippen LogP) is 5.99. The number of aromatic nitrogens is 3. The molecule has 26 heavy (non-hydrogen) atoms. The third kappa shape index (κ3) is 3.89. The molecule has 0 bridgehead atoms. The molecule has 0 fully saturated rings. The number of halogens is 1. The van der Waals surface area contributed by atoms with Crippen LogP contribution in [0.4, 0.5) is 0 Å². The van der Waals surface area contributed by atoms with Gasteiger partial charge in [-0.05, 0) is 29.8 Å². The number of hydrogen-bond acceptors (Lipinski definition) is 3. The topological polar surface area (TPSA) is 30.7 Å². The van der Waals surface area contributed by atoms with Crippen LogP contribution >= 0.6 is 27.7 Å². The minimum atomic E-state index is 0.774. The molecule has 0 aliphatic rings. The monoisotopic (exact) mass is 421 g/mol. The Morgan fingerprint density at radius 2 is 1.46 bits per heavy atom. The van der Waals surface area contributed by atoms with Crippen molar-refractivity contribution in [3.05, 3.63) is 95.0 Å². The van der Waals surface area contributed by atoms with Crippen LogP contribution in [-0.4, -0.2) is 14.8 Å². The molecule has 128 valence electrons. The van der Waals surface area contributed by atoms with Crippen molar-refractivity contribution in [1.29, 1.82) is 0 Å². The lowest BCUT2D eigenvalue weighted by Gasteiger charge is -2.05. The molecule has 0 spiro atoms. The largest absolute Gasteiger partial charge is 0.212 e. The number of hydrogen-bond donors (Lipinski definition) is 0. The van der Waals surface area contributed by atoms with Crippen LogP contribution in [0.3, 0.4) is 0 Å². The highest BCUT2D eigenvalue weighted by Crippen LogP contribution is 2.27. The van der Waals surface area contributed by atoms with E-state index in [1.165, 1.54) is 5.56 Å². The first-order valence-corrected chi connectivity index (χ1v) is 10.0. The van der Waals surface area contributed by atoms with Gasteiger partial charge in [0.2, 0.25) is 5.16 Å². The van der Waals surface area contributed by atoms with Gasteiger partial charge in [0.15, 0.2) is 5.82 Å². The van der Waals surface area contributed by atoms with Gasteiger partial charge in [0.25, 0.3) is 0 Å². The Morgan fingerprint density at radius 1 is 0.808 bits per heavy atom. The van der Waals surface area contributed by atoms with Gasteiger partial charge in [-0.2, -0.15) is 0 Å². The zero-order chi connectivity index (χ0) is 17.8. The average molecular weight is 422 g/mol. The van der Waals surface area contributed by atoms with Gasteiger partial charge >= 0.3 is 0 Å². The fourth-order valence-electron chi connectivity index (χ4n) is 2.61. The van der Waals surface area contributed by atoms with Crippen LogP contribution in [0.15, 0.2) is 94.6 Å². The molecule has 3 nitrogen and oxygen atoms in total. The summed E-state index contributed by atoms with van der Waals surface area (Å²) in [5.41, 5.74) is 3.31. The molecule has 1 heterocycles. The van der Waals surface area contributed by atoms with Crippen molar-refractivity contribution in [3.8, 4) is 17.1 Å². The summed E-state index contributed by atoms with van der Waals surface area (Å²) in [6.45, 7) is 0. The summed E-state index contributed by atoms with van der Waals surface area (Å²) in [6, 6.07) is 28.6. The fourth-order valence-corrected chi connectivity index (χ4v) is 3.65. The molecule has 0 amide bonds. The third-order valence-electron chi connectivity index (χ3n) is 3.90. The molecular formula is C21H16BrN3S. The molecule has 0 saturated carbocycles. The average Bonchev–Trinajstić information content (AvgIpc) is 3.13. The fraction of sp³-hybridized carbons (Fsp3) is 0.0476. The maximum absolute atomic E-state index is 4.80. The van der Waals surface area contributed by atoms with Crippen LogP contribution in [0.25, 0.3) is 17.1 Å². The molecule has 0 aliphatic heterocycles. The van der Waals surface area contributed by atoms with E-state index in [0.29, 0.717) is 0 Å². The normalized spacial score (nSPS) is 10.8. The number of benzene rings is 3. The Balaban J connectivity index is 1.66. The van der Waals surface area contributed by atoms with Crippen LogP contribution in [0.1, 0.15) is 5.56 Å². The minimum absolute atomic E-state index is 0.774. The number of thioether (sulfide) groups is 1. The summed E-state index contributed by atoms with van der Waals surface area (Å²) >= 11 is 5.12. The standard InChI is InChI=1S/C21H16BrN3S/c22-18-13-11-16(12-14-18)15-26-21-23-20(17-7-3-1-4-8-17)25(24-21)19-9-5-2-6-10-19/h1-14H,15H2. The second-order valence-corrected chi connectivity index (χ2v) is 7.60.